The van der Waals surface area contributed by atoms with E-state index in [0.717, 1.165) is 29.9 Å². The van der Waals surface area contributed by atoms with Crippen LogP contribution in [0.2, 0.25) is 0 Å². The minimum Gasteiger partial charge on any atom is -0.330 e. The van der Waals surface area contributed by atoms with Crippen LogP contribution < -0.4 is 0 Å². The predicted octanol–water partition coefficient (Wildman–Crippen LogP) is 2.77. The summed E-state index contributed by atoms with van der Waals surface area (Å²) >= 11 is 1.54. The van der Waals surface area contributed by atoms with E-state index in [0.29, 0.717) is 5.69 Å². The molecule has 1 amide bonds. The van der Waals surface area contributed by atoms with Crippen LogP contribution in [-0.2, 0) is 0 Å². The van der Waals surface area contributed by atoms with Crippen LogP contribution >= 0.6 is 11.3 Å². The van der Waals surface area contributed by atoms with E-state index < -0.39 is 0 Å². The summed E-state index contributed by atoms with van der Waals surface area (Å²) < 4.78 is 1.90. The highest BCUT2D eigenvalue weighted by molar-refractivity contribution is 7.15. The maximum absolute atomic E-state index is 12.7. The van der Waals surface area contributed by atoms with Crippen LogP contribution in [0.3, 0.4) is 0 Å². The van der Waals surface area contributed by atoms with Crippen molar-refractivity contribution in [3.8, 4) is 0 Å². The Kier molecular flexibility index (Phi) is 2.96. The molecule has 3 aromatic rings. The number of likely N-dealkylation sites (tertiary alicyclic amines) is 1. The molecule has 6 heteroatoms. The molecule has 0 aromatic carbocycles. The smallest absolute Gasteiger partial charge is 0.274 e. The SMILES string of the molecule is O=C(c1cn2ccsc2n1)N1CCC[C@@H]1c1cccnc1. The number of imidazole rings is 1. The molecule has 3 aromatic heterocycles. The van der Waals surface area contributed by atoms with Gasteiger partial charge < -0.3 is 4.90 Å². The monoisotopic (exact) mass is 298 g/mol. The second-order valence-electron chi connectivity index (χ2n) is 5.16. The van der Waals surface area contributed by atoms with E-state index >= 15 is 0 Å². The lowest BCUT2D eigenvalue weighted by molar-refractivity contribution is 0.0730. The van der Waals surface area contributed by atoms with Crippen molar-refractivity contribution in [2.24, 2.45) is 0 Å². The molecule has 1 saturated heterocycles. The maximum Gasteiger partial charge on any atom is 0.274 e. The first kappa shape index (κ1) is 12.5. The zero-order valence-corrected chi connectivity index (χ0v) is 12.2. The van der Waals surface area contributed by atoms with Crippen LogP contribution in [-0.4, -0.2) is 31.7 Å². The van der Waals surface area contributed by atoms with Crippen molar-refractivity contribution in [2.45, 2.75) is 18.9 Å². The van der Waals surface area contributed by atoms with Crippen molar-refractivity contribution < 1.29 is 4.79 Å². The van der Waals surface area contributed by atoms with Crippen molar-refractivity contribution in [2.75, 3.05) is 6.54 Å². The Hall–Kier alpha value is -2.21. The first-order valence-corrected chi connectivity index (χ1v) is 7.84. The number of carbonyl (C=O) groups excluding carboxylic acids is 1. The summed E-state index contributed by atoms with van der Waals surface area (Å²) in [5.41, 5.74) is 1.63. The Morgan fingerprint density at radius 1 is 1.43 bits per heavy atom. The summed E-state index contributed by atoms with van der Waals surface area (Å²) in [5, 5.41) is 1.96. The van der Waals surface area contributed by atoms with Gasteiger partial charge in [-0.1, -0.05) is 6.07 Å². The Labute approximate surface area is 125 Å². The first-order chi connectivity index (χ1) is 10.3. The van der Waals surface area contributed by atoms with Gasteiger partial charge in [-0.3, -0.25) is 14.2 Å². The molecule has 1 atom stereocenters. The quantitative estimate of drug-likeness (QED) is 0.731. The number of carbonyl (C=O) groups is 1. The Bertz CT molecular complexity index is 751. The van der Waals surface area contributed by atoms with Crippen molar-refractivity contribution in [1.29, 1.82) is 0 Å². The number of hydrogen-bond donors (Lipinski definition) is 0. The molecule has 1 aliphatic rings. The molecule has 0 aliphatic carbocycles. The van der Waals surface area contributed by atoms with Gasteiger partial charge in [0, 0.05) is 36.7 Å². The number of pyridine rings is 1. The van der Waals surface area contributed by atoms with Gasteiger partial charge in [-0.25, -0.2) is 4.98 Å². The van der Waals surface area contributed by atoms with Gasteiger partial charge >= 0.3 is 0 Å². The molecule has 4 heterocycles. The Morgan fingerprint density at radius 3 is 3.19 bits per heavy atom. The summed E-state index contributed by atoms with van der Waals surface area (Å²) in [4.78, 5) is 24.1. The first-order valence-electron chi connectivity index (χ1n) is 6.96. The molecular weight excluding hydrogens is 284 g/mol. The summed E-state index contributed by atoms with van der Waals surface area (Å²) in [7, 11) is 0. The van der Waals surface area contributed by atoms with Crippen LogP contribution in [0.5, 0.6) is 0 Å². The van der Waals surface area contributed by atoms with Gasteiger partial charge in [-0.05, 0) is 24.5 Å². The molecule has 0 N–H and O–H groups in total. The van der Waals surface area contributed by atoms with Gasteiger partial charge in [0.15, 0.2) is 4.96 Å². The third-order valence-corrected chi connectivity index (χ3v) is 4.67. The standard InChI is InChI=1S/C15H14N4OS/c20-14(12-10-18-7-8-21-15(18)17-12)19-6-2-4-13(19)11-3-1-5-16-9-11/h1,3,5,7-10,13H,2,4,6H2/t13-/m1/s1. The summed E-state index contributed by atoms with van der Waals surface area (Å²) in [6, 6.07) is 4.07. The average molecular weight is 298 g/mol. The average Bonchev–Trinajstić information content (AvgIpc) is 3.22. The number of thiazole rings is 1. The van der Waals surface area contributed by atoms with E-state index in [1.807, 2.05) is 45.4 Å². The van der Waals surface area contributed by atoms with Crippen molar-refractivity contribution >= 4 is 22.2 Å². The molecule has 5 nitrogen and oxygen atoms in total. The van der Waals surface area contributed by atoms with Gasteiger partial charge in [0.1, 0.15) is 5.69 Å². The number of hydrogen-bond acceptors (Lipinski definition) is 4. The van der Waals surface area contributed by atoms with E-state index in [4.69, 9.17) is 0 Å². The molecule has 0 radical (unpaired) electrons. The van der Waals surface area contributed by atoms with E-state index in [-0.39, 0.29) is 11.9 Å². The summed E-state index contributed by atoms with van der Waals surface area (Å²) in [6.07, 6.45) is 9.35. The van der Waals surface area contributed by atoms with E-state index in [1.165, 1.54) is 11.3 Å². The summed E-state index contributed by atoms with van der Waals surface area (Å²) in [6.45, 7) is 0.781. The Balaban J connectivity index is 1.65. The molecular formula is C15H14N4OS. The minimum absolute atomic E-state index is 0.0113. The normalized spacial score (nSPS) is 18.5. The molecule has 4 rings (SSSR count). The highest BCUT2D eigenvalue weighted by Gasteiger charge is 2.31. The fourth-order valence-corrected chi connectivity index (χ4v) is 3.61. The fraction of sp³-hybridized carbons (Fsp3) is 0.267. The zero-order chi connectivity index (χ0) is 14.2. The molecule has 1 aliphatic heterocycles. The van der Waals surface area contributed by atoms with Gasteiger partial charge in [0.2, 0.25) is 0 Å². The second kappa shape index (κ2) is 4.96. The van der Waals surface area contributed by atoms with Crippen molar-refractivity contribution in [1.82, 2.24) is 19.3 Å². The van der Waals surface area contributed by atoms with Gasteiger partial charge in [-0.2, -0.15) is 0 Å². The molecule has 106 valence electrons. The zero-order valence-electron chi connectivity index (χ0n) is 11.3. The molecule has 0 bridgehead atoms. The predicted molar refractivity (Wildman–Crippen MR) is 80.3 cm³/mol. The molecule has 21 heavy (non-hydrogen) atoms. The van der Waals surface area contributed by atoms with Crippen molar-refractivity contribution in [3.05, 3.63) is 53.6 Å². The fourth-order valence-electron chi connectivity index (χ4n) is 2.91. The van der Waals surface area contributed by atoms with Gasteiger partial charge in [0.05, 0.1) is 6.04 Å². The minimum atomic E-state index is 0.0113. The van der Waals surface area contributed by atoms with Crippen LogP contribution in [0.4, 0.5) is 0 Å². The lowest BCUT2D eigenvalue weighted by atomic mass is 10.1. The number of amides is 1. The third-order valence-electron chi connectivity index (χ3n) is 3.90. The van der Waals surface area contributed by atoms with Crippen LogP contribution in [0, 0.1) is 0 Å². The highest BCUT2D eigenvalue weighted by Crippen LogP contribution is 2.32. The lowest BCUT2D eigenvalue weighted by Crippen LogP contribution is -2.30. The van der Waals surface area contributed by atoms with E-state index in [2.05, 4.69) is 9.97 Å². The van der Waals surface area contributed by atoms with E-state index in [9.17, 15) is 4.79 Å². The Morgan fingerprint density at radius 2 is 2.38 bits per heavy atom. The topological polar surface area (TPSA) is 50.5 Å². The number of fused-ring (bicyclic) bond motifs is 1. The number of rotatable bonds is 2. The second-order valence-corrected chi connectivity index (χ2v) is 6.03. The number of nitrogens with zero attached hydrogens (tertiary/aromatic N) is 4. The maximum atomic E-state index is 12.7. The lowest BCUT2D eigenvalue weighted by Gasteiger charge is -2.23. The largest absolute Gasteiger partial charge is 0.330 e. The van der Waals surface area contributed by atoms with Crippen molar-refractivity contribution in [3.63, 3.8) is 0 Å². The molecule has 0 unspecified atom stereocenters. The molecule has 0 saturated carbocycles. The summed E-state index contributed by atoms with van der Waals surface area (Å²) in [5.74, 6) is 0.0113. The van der Waals surface area contributed by atoms with Crippen LogP contribution in [0.25, 0.3) is 4.96 Å². The van der Waals surface area contributed by atoms with Crippen LogP contribution in [0.15, 0.2) is 42.3 Å². The van der Waals surface area contributed by atoms with Crippen LogP contribution in [0.1, 0.15) is 34.9 Å². The molecule has 0 spiro atoms. The van der Waals surface area contributed by atoms with E-state index in [1.54, 1.807) is 6.20 Å². The van der Waals surface area contributed by atoms with Gasteiger partial charge in [-0.15, -0.1) is 11.3 Å². The molecule has 1 fully saturated rings. The number of aromatic nitrogens is 3. The third kappa shape index (κ3) is 2.12. The van der Waals surface area contributed by atoms with Gasteiger partial charge in [0.25, 0.3) is 5.91 Å². The highest BCUT2D eigenvalue weighted by atomic mass is 32.1.